The van der Waals surface area contributed by atoms with Crippen LogP contribution in [0.3, 0.4) is 0 Å². The van der Waals surface area contributed by atoms with E-state index in [1.54, 1.807) is 7.11 Å². The van der Waals surface area contributed by atoms with Crippen LogP contribution < -0.4 is 0 Å². The highest BCUT2D eigenvalue weighted by Crippen LogP contribution is 2.42. The number of hydrogen-bond acceptors (Lipinski definition) is 4. The van der Waals surface area contributed by atoms with E-state index in [1.165, 1.54) is 6.42 Å². The maximum absolute atomic E-state index is 12.6. The molecule has 3 fully saturated rings. The van der Waals surface area contributed by atoms with Crippen molar-refractivity contribution >= 4 is 5.78 Å². The summed E-state index contributed by atoms with van der Waals surface area (Å²) in [7, 11) is 1.75. The normalized spacial score (nSPS) is 31.8. The zero-order valence-electron chi connectivity index (χ0n) is 12.5. The van der Waals surface area contributed by atoms with Gasteiger partial charge in [-0.2, -0.15) is 0 Å². The molecule has 1 saturated carbocycles. The van der Waals surface area contributed by atoms with Crippen molar-refractivity contribution in [1.29, 1.82) is 0 Å². The van der Waals surface area contributed by atoms with Crippen molar-refractivity contribution in [1.82, 2.24) is 0 Å². The van der Waals surface area contributed by atoms with E-state index in [4.69, 9.17) is 14.2 Å². The second-order valence-corrected chi connectivity index (χ2v) is 6.72. The van der Waals surface area contributed by atoms with Crippen LogP contribution in [0, 0.1) is 5.92 Å². The lowest BCUT2D eigenvalue weighted by Gasteiger charge is -2.45. The Morgan fingerprint density at radius 3 is 2.55 bits per heavy atom. The summed E-state index contributed by atoms with van der Waals surface area (Å²) in [6, 6.07) is 0. The number of ketones is 1. The van der Waals surface area contributed by atoms with Crippen LogP contribution in [0.4, 0.5) is 0 Å². The Morgan fingerprint density at radius 1 is 1.20 bits per heavy atom. The van der Waals surface area contributed by atoms with E-state index in [1.807, 2.05) is 0 Å². The van der Waals surface area contributed by atoms with Crippen LogP contribution >= 0.6 is 0 Å². The Morgan fingerprint density at radius 2 is 1.95 bits per heavy atom. The molecule has 1 aliphatic carbocycles. The van der Waals surface area contributed by atoms with Gasteiger partial charge in [-0.05, 0) is 44.9 Å². The molecule has 2 heterocycles. The van der Waals surface area contributed by atoms with Gasteiger partial charge in [-0.25, -0.2) is 0 Å². The monoisotopic (exact) mass is 282 g/mol. The SMILES string of the molecule is COC1(CC(=O)C2CCOC3(CCOCC3)C2)CCC1. The summed E-state index contributed by atoms with van der Waals surface area (Å²) in [5.74, 6) is 0.551. The van der Waals surface area contributed by atoms with Gasteiger partial charge in [0.1, 0.15) is 5.78 Å². The van der Waals surface area contributed by atoms with Crippen molar-refractivity contribution in [2.45, 2.75) is 62.6 Å². The summed E-state index contributed by atoms with van der Waals surface area (Å²) in [6.45, 7) is 2.25. The molecule has 4 heteroatoms. The molecule has 1 spiro atoms. The predicted molar refractivity (Wildman–Crippen MR) is 74.7 cm³/mol. The van der Waals surface area contributed by atoms with Crippen molar-refractivity contribution in [3.8, 4) is 0 Å². The van der Waals surface area contributed by atoms with E-state index in [0.717, 1.165) is 58.3 Å². The van der Waals surface area contributed by atoms with Crippen LogP contribution in [0.15, 0.2) is 0 Å². The molecule has 1 atom stereocenters. The van der Waals surface area contributed by atoms with Crippen LogP contribution in [-0.2, 0) is 19.0 Å². The first-order chi connectivity index (χ1) is 9.67. The molecule has 3 aliphatic rings. The zero-order chi connectivity index (χ0) is 14.1. The lowest BCUT2D eigenvalue weighted by atomic mass is 9.72. The number of hydrogen-bond donors (Lipinski definition) is 0. The largest absolute Gasteiger partial charge is 0.381 e. The number of carbonyl (C=O) groups excluding carboxylic acids is 1. The molecule has 0 aromatic carbocycles. The minimum absolute atomic E-state index is 0.0866. The molecule has 0 aromatic heterocycles. The quantitative estimate of drug-likeness (QED) is 0.794. The van der Waals surface area contributed by atoms with E-state index in [2.05, 4.69) is 0 Å². The van der Waals surface area contributed by atoms with E-state index < -0.39 is 0 Å². The molecule has 2 aliphatic heterocycles. The van der Waals surface area contributed by atoms with Gasteiger partial charge < -0.3 is 14.2 Å². The van der Waals surface area contributed by atoms with Gasteiger partial charge in [0.15, 0.2) is 0 Å². The van der Waals surface area contributed by atoms with E-state index in [-0.39, 0.29) is 17.1 Å². The first kappa shape index (κ1) is 14.5. The average molecular weight is 282 g/mol. The standard InChI is InChI=1S/C16H26O4/c1-18-15(4-2-5-15)12-14(17)13-3-8-20-16(11-13)6-9-19-10-7-16/h13H,2-12H2,1H3. The highest BCUT2D eigenvalue weighted by Gasteiger charge is 2.44. The van der Waals surface area contributed by atoms with E-state index >= 15 is 0 Å². The summed E-state index contributed by atoms with van der Waals surface area (Å²) < 4.78 is 17.1. The van der Waals surface area contributed by atoms with Crippen molar-refractivity contribution in [2.24, 2.45) is 5.92 Å². The van der Waals surface area contributed by atoms with Gasteiger partial charge in [0.25, 0.3) is 0 Å². The molecule has 3 rings (SSSR count). The maximum Gasteiger partial charge on any atom is 0.139 e. The van der Waals surface area contributed by atoms with Crippen LogP contribution in [0.25, 0.3) is 0 Å². The zero-order valence-corrected chi connectivity index (χ0v) is 12.5. The highest BCUT2D eigenvalue weighted by molar-refractivity contribution is 5.82. The Labute approximate surface area is 121 Å². The summed E-state index contributed by atoms with van der Waals surface area (Å²) in [5, 5.41) is 0. The lowest BCUT2D eigenvalue weighted by Crippen LogP contribution is -2.48. The molecular formula is C16H26O4. The Bertz CT molecular complexity index is 344. The molecule has 0 bridgehead atoms. The van der Waals surface area contributed by atoms with E-state index in [0.29, 0.717) is 12.2 Å². The van der Waals surface area contributed by atoms with Crippen molar-refractivity contribution in [3.05, 3.63) is 0 Å². The van der Waals surface area contributed by atoms with Gasteiger partial charge in [0.05, 0.1) is 11.2 Å². The molecule has 4 nitrogen and oxygen atoms in total. The van der Waals surface area contributed by atoms with Gasteiger partial charge in [-0.15, -0.1) is 0 Å². The van der Waals surface area contributed by atoms with Crippen LogP contribution in [-0.4, -0.2) is 43.9 Å². The summed E-state index contributed by atoms with van der Waals surface area (Å²) in [4.78, 5) is 12.6. The summed E-state index contributed by atoms with van der Waals surface area (Å²) in [6.07, 6.45) is 7.50. The molecule has 20 heavy (non-hydrogen) atoms. The molecular weight excluding hydrogens is 256 g/mol. The Balaban J connectivity index is 1.60. The molecule has 1 unspecified atom stereocenters. The third-order valence-electron chi connectivity index (χ3n) is 5.55. The molecule has 0 N–H and O–H groups in total. The number of Topliss-reactive ketones (excluding diaryl/α,β-unsaturated/α-hetero) is 1. The molecule has 0 aromatic rings. The minimum Gasteiger partial charge on any atom is -0.381 e. The van der Waals surface area contributed by atoms with Gasteiger partial charge in [0.2, 0.25) is 0 Å². The molecule has 114 valence electrons. The van der Waals surface area contributed by atoms with Crippen molar-refractivity contribution in [3.63, 3.8) is 0 Å². The lowest BCUT2D eigenvalue weighted by molar-refractivity contribution is -0.162. The van der Waals surface area contributed by atoms with Crippen LogP contribution in [0.5, 0.6) is 0 Å². The van der Waals surface area contributed by atoms with Gasteiger partial charge >= 0.3 is 0 Å². The summed E-state index contributed by atoms with van der Waals surface area (Å²) in [5.41, 5.74) is -0.227. The number of carbonyl (C=O) groups is 1. The summed E-state index contributed by atoms with van der Waals surface area (Å²) >= 11 is 0. The molecule has 0 radical (unpaired) electrons. The fraction of sp³-hybridized carbons (Fsp3) is 0.938. The third-order valence-corrected chi connectivity index (χ3v) is 5.55. The van der Waals surface area contributed by atoms with Gasteiger partial charge in [0, 0.05) is 39.3 Å². The smallest absolute Gasteiger partial charge is 0.139 e. The highest BCUT2D eigenvalue weighted by atomic mass is 16.5. The molecule has 0 amide bonds. The second kappa shape index (κ2) is 5.74. The van der Waals surface area contributed by atoms with Crippen LogP contribution in [0.2, 0.25) is 0 Å². The van der Waals surface area contributed by atoms with Crippen molar-refractivity contribution in [2.75, 3.05) is 26.9 Å². The first-order valence-electron chi connectivity index (χ1n) is 7.97. The van der Waals surface area contributed by atoms with Gasteiger partial charge in [-0.3, -0.25) is 4.79 Å². The number of ether oxygens (including phenoxy) is 3. The first-order valence-corrected chi connectivity index (χ1v) is 7.97. The fourth-order valence-corrected chi connectivity index (χ4v) is 3.88. The second-order valence-electron chi connectivity index (χ2n) is 6.72. The van der Waals surface area contributed by atoms with Gasteiger partial charge in [-0.1, -0.05) is 0 Å². The topological polar surface area (TPSA) is 44.8 Å². The minimum atomic E-state index is -0.141. The van der Waals surface area contributed by atoms with Crippen LogP contribution in [0.1, 0.15) is 51.4 Å². The molecule has 2 saturated heterocycles. The average Bonchev–Trinajstić information content (AvgIpc) is 2.43. The van der Waals surface area contributed by atoms with E-state index in [9.17, 15) is 4.79 Å². The Hall–Kier alpha value is -0.450. The number of rotatable bonds is 4. The third kappa shape index (κ3) is 2.78. The fourth-order valence-electron chi connectivity index (χ4n) is 3.88. The number of methoxy groups -OCH3 is 1. The Kier molecular flexibility index (Phi) is 4.16. The predicted octanol–water partition coefficient (Wildman–Crippen LogP) is 2.49. The maximum atomic E-state index is 12.6. The van der Waals surface area contributed by atoms with Crippen molar-refractivity contribution < 1.29 is 19.0 Å².